The number of allylic oxidation sites excluding steroid dienone is 2. The molecule has 0 radical (unpaired) electrons. The van der Waals surface area contributed by atoms with Gasteiger partial charge in [-0.1, -0.05) is 19.1 Å². The van der Waals surface area contributed by atoms with Crippen LogP contribution in [-0.4, -0.2) is 63.6 Å². The zero-order chi connectivity index (χ0) is 21.1. The summed E-state index contributed by atoms with van der Waals surface area (Å²) in [6, 6.07) is 0. The summed E-state index contributed by atoms with van der Waals surface area (Å²) in [5.41, 5.74) is 0. The lowest BCUT2D eigenvalue weighted by molar-refractivity contribution is -0.140. The molecular formula is C21H31N7O2. The molecule has 30 heavy (non-hydrogen) atoms. The van der Waals surface area contributed by atoms with Crippen molar-refractivity contribution in [1.29, 1.82) is 0 Å². The Hall–Kier alpha value is -2.71. The van der Waals surface area contributed by atoms with E-state index in [0.29, 0.717) is 26.1 Å². The minimum Gasteiger partial charge on any atom is -0.357 e. The second-order valence-corrected chi connectivity index (χ2v) is 8.16. The highest BCUT2D eigenvalue weighted by Gasteiger charge is 2.58. The summed E-state index contributed by atoms with van der Waals surface area (Å²) < 4.78 is 2.03. The largest absolute Gasteiger partial charge is 0.357 e. The van der Waals surface area contributed by atoms with Crippen molar-refractivity contribution in [3.05, 3.63) is 24.3 Å². The van der Waals surface area contributed by atoms with Crippen molar-refractivity contribution in [2.75, 3.05) is 26.2 Å². The number of amides is 2. The zero-order valence-corrected chi connectivity index (χ0v) is 17.8. The van der Waals surface area contributed by atoms with E-state index in [2.05, 4.69) is 44.9 Å². The van der Waals surface area contributed by atoms with E-state index in [-0.39, 0.29) is 35.5 Å². The van der Waals surface area contributed by atoms with Crippen LogP contribution >= 0.6 is 0 Å². The number of carbonyl (C=O) groups excluding carboxylic acids is 2. The Balaban J connectivity index is 1.24. The number of likely N-dealkylation sites (tertiary alicyclic amines) is 1. The lowest BCUT2D eigenvalue weighted by atomic mass is 9.85. The summed E-state index contributed by atoms with van der Waals surface area (Å²) in [5.74, 6) is 2.06. The molecule has 2 fully saturated rings. The Morgan fingerprint density at radius 1 is 1.13 bits per heavy atom. The summed E-state index contributed by atoms with van der Waals surface area (Å²) in [6.07, 6.45) is 8.48. The first kappa shape index (κ1) is 20.6. The van der Waals surface area contributed by atoms with E-state index in [1.54, 1.807) is 6.33 Å². The van der Waals surface area contributed by atoms with E-state index in [0.717, 1.165) is 37.7 Å². The van der Waals surface area contributed by atoms with Gasteiger partial charge in [-0.15, -0.1) is 10.2 Å². The van der Waals surface area contributed by atoms with Crippen molar-refractivity contribution < 1.29 is 9.59 Å². The predicted octanol–water partition coefficient (Wildman–Crippen LogP) is 0.593. The number of fused-ring (bicyclic) bond motifs is 5. The monoisotopic (exact) mass is 413 g/mol. The van der Waals surface area contributed by atoms with Crippen LogP contribution in [0.3, 0.4) is 0 Å². The molecule has 2 N–H and O–H groups in total. The van der Waals surface area contributed by atoms with Crippen molar-refractivity contribution in [3.8, 4) is 0 Å². The molecule has 4 unspecified atom stereocenters. The number of aryl methyl sites for hydroxylation is 1. The molecule has 162 valence electrons. The Labute approximate surface area is 177 Å². The summed E-state index contributed by atoms with van der Waals surface area (Å²) in [6.45, 7) is 7.32. The first-order valence-corrected chi connectivity index (χ1v) is 11.1. The van der Waals surface area contributed by atoms with Crippen molar-refractivity contribution in [1.82, 2.24) is 30.3 Å². The smallest absolute Gasteiger partial charge is 0.233 e. The fourth-order valence-corrected chi connectivity index (χ4v) is 4.98. The molecule has 2 heterocycles. The van der Waals surface area contributed by atoms with Crippen LogP contribution < -0.4 is 10.6 Å². The topological polar surface area (TPSA) is 105 Å². The van der Waals surface area contributed by atoms with Crippen molar-refractivity contribution in [2.45, 2.75) is 39.7 Å². The van der Waals surface area contributed by atoms with Crippen LogP contribution in [-0.2, 0) is 22.6 Å². The van der Waals surface area contributed by atoms with Gasteiger partial charge >= 0.3 is 0 Å². The van der Waals surface area contributed by atoms with E-state index < -0.39 is 0 Å². The van der Waals surface area contributed by atoms with Crippen LogP contribution in [0.2, 0.25) is 0 Å². The van der Waals surface area contributed by atoms with Crippen molar-refractivity contribution in [2.24, 2.45) is 28.7 Å². The SMILES string of the molecule is CCNC(=NCCCN1C(=O)C2C3C=CC(C3)C2C1=O)NCCn1cnnc1CC. The molecule has 9 heteroatoms. The van der Waals surface area contributed by atoms with E-state index in [1.165, 1.54) is 4.90 Å². The van der Waals surface area contributed by atoms with E-state index in [1.807, 2.05) is 11.5 Å². The summed E-state index contributed by atoms with van der Waals surface area (Å²) in [5, 5.41) is 14.6. The number of imide groups is 1. The fourth-order valence-electron chi connectivity index (χ4n) is 4.98. The van der Waals surface area contributed by atoms with E-state index in [4.69, 9.17) is 0 Å². The molecule has 2 aliphatic carbocycles. The molecule has 3 aliphatic rings. The standard InChI is InChI=1S/C21H31N7O2/c1-3-16-26-25-13-27(16)11-9-24-21(22-4-2)23-8-5-10-28-19(29)17-14-6-7-15(12-14)18(17)20(28)30/h6-7,13-15,17-18H,3-5,8-12H2,1-2H3,(H2,22,23,24). The lowest BCUT2D eigenvalue weighted by Gasteiger charge is -2.17. The molecule has 1 aromatic rings. The van der Waals surface area contributed by atoms with Crippen LogP contribution in [0.1, 0.15) is 32.5 Å². The fraction of sp³-hybridized carbons (Fsp3) is 0.667. The molecule has 1 saturated carbocycles. The second-order valence-electron chi connectivity index (χ2n) is 8.16. The van der Waals surface area contributed by atoms with Gasteiger partial charge in [-0.2, -0.15) is 0 Å². The van der Waals surface area contributed by atoms with Gasteiger partial charge in [0.1, 0.15) is 12.2 Å². The van der Waals surface area contributed by atoms with Gasteiger partial charge in [0.2, 0.25) is 11.8 Å². The van der Waals surface area contributed by atoms with Crippen LogP contribution in [0.4, 0.5) is 0 Å². The summed E-state index contributed by atoms with van der Waals surface area (Å²) in [4.78, 5) is 31.5. The molecule has 2 bridgehead atoms. The lowest BCUT2D eigenvalue weighted by Crippen LogP contribution is -2.39. The molecular weight excluding hydrogens is 382 g/mol. The summed E-state index contributed by atoms with van der Waals surface area (Å²) >= 11 is 0. The van der Waals surface area contributed by atoms with Gasteiger partial charge in [0, 0.05) is 39.1 Å². The molecule has 2 amide bonds. The Morgan fingerprint density at radius 3 is 2.53 bits per heavy atom. The highest BCUT2D eigenvalue weighted by atomic mass is 16.2. The van der Waals surface area contributed by atoms with Crippen LogP contribution in [0.25, 0.3) is 0 Å². The average molecular weight is 414 g/mol. The molecule has 1 aromatic heterocycles. The third-order valence-corrected chi connectivity index (χ3v) is 6.37. The zero-order valence-electron chi connectivity index (χ0n) is 17.8. The number of nitrogens with one attached hydrogen (secondary N) is 2. The molecule has 0 aromatic carbocycles. The maximum Gasteiger partial charge on any atom is 0.233 e. The molecule has 1 saturated heterocycles. The van der Waals surface area contributed by atoms with Gasteiger partial charge in [0.15, 0.2) is 5.96 Å². The van der Waals surface area contributed by atoms with Gasteiger partial charge in [-0.3, -0.25) is 19.5 Å². The highest BCUT2D eigenvalue weighted by Crippen LogP contribution is 2.52. The van der Waals surface area contributed by atoms with Gasteiger partial charge in [0.05, 0.1) is 11.8 Å². The number of aliphatic imine (C=N–C) groups is 1. The number of rotatable bonds is 9. The normalized spacial score (nSPS) is 27.3. The number of hydrogen-bond donors (Lipinski definition) is 2. The Morgan fingerprint density at radius 2 is 1.87 bits per heavy atom. The van der Waals surface area contributed by atoms with Crippen LogP contribution in [0.15, 0.2) is 23.5 Å². The molecule has 4 atom stereocenters. The van der Waals surface area contributed by atoms with Gasteiger partial charge in [-0.25, -0.2) is 0 Å². The van der Waals surface area contributed by atoms with Gasteiger partial charge in [-0.05, 0) is 31.6 Å². The first-order valence-electron chi connectivity index (χ1n) is 11.1. The number of aromatic nitrogens is 3. The van der Waals surface area contributed by atoms with Gasteiger partial charge < -0.3 is 15.2 Å². The van der Waals surface area contributed by atoms with Crippen LogP contribution in [0.5, 0.6) is 0 Å². The minimum atomic E-state index is -0.110. The molecule has 9 nitrogen and oxygen atoms in total. The number of carbonyl (C=O) groups is 2. The van der Waals surface area contributed by atoms with Crippen molar-refractivity contribution >= 4 is 17.8 Å². The van der Waals surface area contributed by atoms with Crippen LogP contribution in [0, 0.1) is 23.7 Å². The van der Waals surface area contributed by atoms with E-state index >= 15 is 0 Å². The molecule has 0 spiro atoms. The molecule has 1 aliphatic heterocycles. The predicted molar refractivity (Wildman–Crippen MR) is 112 cm³/mol. The molecule has 4 rings (SSSR count). The Bertz CT molecular complexity index is 816. The number of nitrogens with zero attached hydrogens (tertiary/aromatic N) is 5. The number of hydrogen-bond acceptors (Lipinski definition) is 5. The van der Waals surface area contributed by atoms with E-state index in [9.17, 15) is 9.59 Å². The Kier molecular flexibility index (Phi) is 6.15. The third kappa shape index (κ3) is 3.85. The first-order chi connectivity index (χ1) is 14.6. The maximum absolute atomic E-state index is 12.7. The maximum atomic E-state index is 12.7. The summed E-state index contributed by atoms with van der Waals surface area (Å²) in [7, 11) is 0. The number of guanidine groups is 1. The quantitative estimate of drug-likeness (QED) is 0.202. The average Bonchev–Trinajstić information content (AvgIpc) is 3.51. The minimum absolute atomic E-state index is 0.0246. The van der Waals surface area contributed by atoms with Crippen molar-refractivity contribution in [3.63, 3.8) is 0 Å². The van der Waals surface area contributed by atoms with Gasteiger partial charge in [0.25, 0.3) is 0 Å². The highest BCUT2D eigenvalue weighted by molar-refractivity contribution is 6.06. The third-order valence-electron chi connectivity index (χ3n) is 6.37. The second kappa shape index (κ2) is 8.97.